The quantitative estimate of drug-likeness (QED) is 0.387. The van der Waals surface area contributed by atoms with Crippen LogP contribution in [0.1, 0.15) is 27.7 Å². The molecule has 7 heteroatoms. The molecule has 24 heavy (non-hydrogen) atoms. The largest absolute Gasteiger partial charge is 0.357 e. The van der Waals surface area contributed by atoms with Crippen LogP contribution in [-0.4, -0.2) is 96.6 Å². The molecule has 2 aliphatic heterocycles. The van der Waals surface area contributed by atoms with Crippen LogP contribution >= 0.6 is 35.7 Å². The summed E-state index contributed by atoms with van der Waals surface area (Å²) in [7, 11) is 2.21. The number of likely N-dealkylation sites (N-methyl/N-ethyl adjacent to an activating group) is 1. The Hall–Kier alpha value is 0.270. The van der Waals surface area contributed by atoms with Gasteiger partial charge >= 0.3 is 0 Å². The van der Waals surface area contributed by atoms with Crippen LogP contribution in [-0.2, 0) is 0 Å². The van der Waals surface area contributed by atoms with Crippen LogP contribution < -0.4 is 5.32 Å². The molecule has 1 atom stereocenters. The van der Waals surface area contributed by atoms with Crippen LogP contribution in [0.2, 0.25) is 0 Å². The highest BCUT2D eigenvalue weighted by Crippen LogP contribution is 2.29. The van der Waals surface area contributed by atoms with E-state index in [4.69, 9.17) is 4.99 Å². The summed E-state index contributed by atoms with van der Waals surface area (Å²) in [6.45, 7) is 17.8. The molecule has 0 saturated carbocycles. The van der Waals surface area contributed by atoms with E-state index in [0.717, 1.165) is 45.2 Å². The average molecular weight is 469 g/mol. The van der Waals surface area contributed by atoms with E-state index < -0.39 is 0 Å². The predicted molar refractivity (Wildman–Crippen MR) is 118 cm³/mol. The maximum atomic E-state index is 4.96. The van der Waals surface area contributed by atoms with Gasteiger partial charge in [-0.15, -0.1) is 24.0 Å². The zero-order valence-electron chi connectivity index (χ0n) is 16.0. The van der Waals surface area contributed by atoms with Gasteiger partial charge in [-0.2, -0.15) is 11.8 Å². The lowest BCUT2D eigenvalue weighted by Gasteiger charge is -2.39. The fourth-order valence-electron chi connectivity index (χ4n) is 3.22. The Morgan fingerprint density at radius 2 is 1.88 bits per heavy atom. The summed E-state index contributed by atoms with van der Waals surface area (Å²) in [4.78, 5) is 12.4. The van der Waals surface area contributed by atoms with Gasteiger partial charge in [0.2, 0.25) is 0 Å². The van der Waals surface area contributed by atoms with E-state index in [9.17, 15) is 0 Å². The van der Waals surface area contributed by atoms with Gasteiger partial charge in [-0.05, 0) is 34.7 Å². The van der Waals surface area contributed by atoms with E-state index in [1.54, 1.807) is 0 Å². The number of thioether (sulfide) groups is 1. The third-order valence-corrected chi connectivity index (χ3v) is 6.02. The van der Waals surface area contributed by atoms with Crippen molar-refractivity contribution in [3.8, 4) is 0 Å². The smallest absolute Gasteiger partial charge is 0.194 e. The average Bonchev–Trinajstić information content (AvgIpc) is 2.50. The standard InChI is InChI=1S/C17H35N5S.HI/c1-6-18-16(22-11-12-23-17(3,4)14-22)19-13-15(2)21-9-7-20(5)8-10-21;/h15H,6-14H2,1-5H3,(H,18,19);1H. The van der Waals surface area contributed by atoms with Crippen molar-refractivity contribution in [2.24, 2.45) is 4.99 Å². The number of piperazine rings is 1. The van der Waals surface area contributed by atoms with Gasteiger partial charge in [-0.1, -0.05) is 0 Å². The molecule has 142 valence electrons. The van der Waals surface area contributed by atoms with Gasteiger partial charge in [0.1, 0.15) is 0 Å². The molecule has 1 N–H and O–H groups in total. The lowest BCUT2D eigenvalue weighted by Crippen LogP contribution is -2.52. The van der Waals surface area contributed by atoms with Crippen molar-refractivity contribution in [3.05, 3.63) is 0 Å². The molecule has 2 heterocycles. The molecule has 2 fully saturated rings. The second-order valence-electron chi connectivity index (χ2n) is 7.41. The number of hydrogen-bond acceptors (Lipinski definition) is 4. The zero-order chi connectivity index (χ0) is 16.9. The maximum Gasteiger partial charge on any atom is 0.194 e. The normalized spacial score (nSPS) is 24.4. The highest BCUT2D eigenvalue weighted by atomic mass is 127. The molecule has 0 aromatic heterocycles. The summed E-state index contributed by atoms with van der Waals surface area (Å²) in [5.41, 5.74) is 0. The summed E-state index contributed by atoms with van der Waals surface area (Å²) in [5, 5.41) is 3.50. The molecule has 5 nitrogen and oxygen atoms in total. The van der Waals surface area contributed by atoms with Gasteiger partial charge in [0.15, 0.2) is 5.96 Å². The number of hydrogen-bond donors (Lipinski definition) is 1. The molecule has 0 spiro atoms. The molecular weight excluding hydrogens is 433 g/mol. The molecular formula is C17H36IN5S. The predicted octanol–water partition coefficient (Wildman–Crippen LogP) is 2.03. The lowest BCUT2D eigenvalue weighted by atomic mass is 10.2. The van der Waals surface area contributed by atoms with Crippen LogP contribution in [0.15, 0.2) is 4.99 Å². The van der Waals surface area contributed by atoms with E-state index in [2.05, 4.69) is 66.5 Å². The number of guanidine groups is 1. The number of nitrogens with zero attached hydrogens (tertiary/aromatic N) is 4. The van der Waals surface area contributed by atoms with E-state index in [-0.39, 0.29) is 24.0 Å². The molecule has 0 radical (unpaired) electrons. The van der Waals surface area contributed by atoms with Crippen LogP contribution in [0.3, 0.4) is 0 Å². The fraction of sp³-hybridized carbons (Fsp3) is 0.941. The van der Waals surface area contributed by atoms with E-state index in [1.807, 2.05) is 0 Å². The molecule has 0 aliphatic carbocycles. The Bertz CT molecular complexity index is 396. The second kappa shape index (κ2) is 10.4. The minimum atomic E-state index is 0. The lowest BCUT2D eigenvalue weighted by molar-refractivity contribution is 0.122. The number of rotatable bonds is 4. The van der Waals surface area contributed by atoms with Gasteiger partial charge in [0, 0.05) is 62.4 Å². The van der Waals surface area contributed by atoms with Crippen LogP contribution in [0, 0.1) is 0 Å². The van der Waals surface area contributed by atoms with Crippen molar-refractivity contribution < 1.29 is 0 Å². The van der Waals surface area contributed by atoms with Gasteiger partial charge in [-0.3, -0.25) is 9.89 Å². The van der Waals surface area contributed by atoms with Crippen LogP contribution in [0.4, 0.5) is 0 Å². The van der Waals surface area contributed by atoms with Crippen molar-refractivity contribution in [3.63, 3.8) is 0 Å². The van der Waals surface area contributed by atoms with E-state index >= 15 is 0 Å². The number of halogens is 1. The molecule has 2 rings (SSSR count). The highest BCUT2D eigenvalue weighted by molar-refractivity contribution is 14.0. The first-order chi connectivity index (χ1) is 10.9. The Morgan fingerprint density at radius 1 is 1.21 bits per heavy atom. The minimum Gasteiger partial charge on any atom is -0.357 e. The first-order valence-electron chi connectivity index (χ1n) is 9.01. The fourth-order valence-corrected chi connectivity index (χ4v) is 4.33. The van der Waals surface area contributed by atoms with Gasteiger partial charge in [-0.25, -0.2) is 0 Å². The Morgan fingerprint density at radius 3 is 2.46 bits per heavy atom. The first kappa shape index (κ1) is 22.3. The molecule has 0 aromatic rings. The molecule has 0 amide bonds. The third-order valence-electron chi connectivity index (χ3n) is 4.73. The Labute approximate surface area is 170 Å². The monoisotopic (exact) mass is 469 g/mol. The zero-order valence-corrected chi connectivity index (χ0v) is 19.2. The van der Waals surface area contributed by atoms with Crippen LogP contribution in [0.5, 0.6) is 0 Å². The van der Waals surface area contributed by atoms with Crippen molar-refractivity contribution >= 4 is 41.7 Å². The Kier molecular flexibility index (Phi) is 9.69. The van der Waals surface area contributed by atoms with E-state index in [1.165, 1.54) is 18.8 Å². The summed E-state index contributed by atoms with van der Waals surface area (Å²) in [6, 6.07) is 0.518. The van der Waals surface area contributed by atoms with Gasteiger partial charge < -0.3 is 15.1 Å². The summed E-state index contributed by atoms with van der Waals surface area (Å²) >= 11 is 2.07. The topological polar surface area (TPSA) is 34.1 Å². The van der Waals surface area contributed by atoms with Crippen molar-refractivity contribution in [1.82, 2.24) is 20.0 Å². The van der Waals surface area contributed by atoms with Crippen molar-refractivity contribution in [1.29, 1.82) is 0 Å². The number of nitrogens with one attached hydrogen (secondary N) is 1. The maximum absolute atomic E-state index is 4.96. The summed E-state index contributed by atoms with van der Waals surface area (Å²) < 4.78 is 0.317. The SMILES string of the molecule is CCNC(=NCC(C)N1CCN(C)CC1)N1CCSC(C)(C)C1.I. The number of aliphatic imine (C=N–C) groups is 1. The first-order valence-corrected chi connectivity index (χ1v) is 9.99. The molecule has 1 unspecified atom stereocenters. The minimum absolute atomic E-state index is 0. The molecule has 0 aromatic carbocycles. The molecule has 0 bridgehead atoms. The summed E-state index contributed by atoms with van der Waals surface area (Å²) in [5.74, 6) is 2.28. The third kappa shape index (κ3) is 6.88. The molecule has 2 aliphatic rings. The van der Waals surface area contributed by atoms with Crippen molar-refractivity contribution in [2.45, 2.75) is 38.5 Å². The Balaban J connectivity index is 0.00000288. The van der Waals surface area contributed by atoms with Gasteiger partial charge in [0.05, 0.1) is 6.54 Å². The van der Waals surface area contributed by atoms with E-state index in [0.29, 0.717) is 10.8 Å². The van der Waals surface area contributed by atoms with Crippen LogP contribution in [0.25, 0.3) is 0 Å². The highest BCUT2D eigenvalue weighted by Gasteiger charge is 2.29. The second-order valence-corrected chi connectivity index (χ2v) is 9.21. The van der Waals surface area contributed by atoms with Crippen molar-refractivity contribution in [2.75, 3.05) is 65.2 Å². The molecule has 2 saturated heterocycles. The summed E-state index contributed by atoms with van der Waals surface area (Å²) in [6.07, 6.45) is 0. The van der Waals surface area contributed by atoms with Gasteiger partial charge in [0.25, 0.3) is 0 Å².